The number of benzene rings is 3. The highest BCUT2D eigenvalue weighted by Crippen LogP contribution is 2.20. The quantitative estimate of drug-likeness (QED) is 0.622. The van der Waals surface area contributed by atoms with E-state index in [4.69, 9.17) is 17.0 Å². The number of ether oxygens (including phenoxy) is 1. The third-order valence-corrected chi connectivity index (χ3v) is 6.05. The van der Waals surface area contributed by atoms with Gasteiger partial charge < -0.3 is 19.9 Å². The molecule has 0 atom stereocenters. The molecule has 4 nitrogen and oxygen atoms in total. The van der Waals surface area contributed by atoms with Gasteiger partial charge in [0.1, 0.15) is 11.8 Å². The van der Waals surface area contributed by atoms with E-state index in [-0.39, 0.29) is 0 Å². The van der Waals surface area contributed by atoms with Gasteiger partial charge in [0.2, 0.25) is 0 Å². The number of piperazine rings is 1. The Bertz CT molecular complexity index is 917. The van der Waals surface area contributed by atoms with Gasteiger partial charge in [-0.3, -0.25) is 0 Å². The van der Waals surface area contributed by atoms with E-state index in [1.54, 1.807) is 12.0 Å². The Morgan fingerprint density at radius 1 is 0.900 bits per heavy atom. The number of thiocarbonyl (C=S) groups is 1. The molecule has 0 amide bonds. The van der Waals surface area contributed by atoms with Crippen LogP contribution in [0.4, 0.5) is 5.69 Å². The molecular weight excluding hydrogens is 390 g/mol. The first-order valence-corrected chi connectivity index (χ1v) is 10.8. The van der Waals surface area contributed by atoms with Crippen LogP contribution in [0.3, 0.4) is 0 Å². The highest BCUT2D eigenvalue weighted by Gasteiger charge is 2.30. The fraction of sp³-hybridized carbons (Fsp3) is 0.240. The van der Waals surface area contributed by atoms with Gasteiger partial charge in [0, 0.05) is 22.9 Å². The van der Waals surface area contributed by atoms with Gasteiger partial charge in [0.15, 0.2) is 5.11 Å². The second-order valence-electron chi connectivity index (χ2n) is 7.56. The topological polar surface area (TPSA) is 28.9 Å². The third kappa shape index (κ3) is 4.81. The van der Waals surface area contributed by atoms with Crippen LogP contribution in [0.1, 0.15) is 17.2 Å². The van der Waals surface area contributed by atoms with Crippen molar-refractivity contribution >= 4 is 23.0 Å². The Hall–Kier alpha value is -2.89. The Morgan fingerprint density at radius 3 is 2.07 bits per heavy atom. The van der Waals surface area contributed by atoms with Crippen LogP contribution in [0.15, 0.2) is 84.9 Å². The smallest absolute Gasteiger partial charge is 0.173 e. The summed E-state index contributed by atoms with van der Waals surface area (Å²) in [6.07, 6.45) is 0. The predicted molar refractivity (Wildman–Crippen MR) is 126 cm³/mol. The minimum atomic E-state index is 0.342. The van der Waals surface area contributed by atoms with E-state index in [9.17, 15) is 0 Å². The summed E-state index contributed by atoms with van der Waals surface area (Å²) in [7, 11) is 1.68. The van der Waals surface area contributed by atoms with Gasteiger partial charge in [-0.25, -0.2) is 0 Å². The summed E-state index contributed by atoms with van der Waals surface area (Å²) in [5.74, 6) is 0.825. The van der Waals surface area contributed by atoms with Gasteiger partial charge in [-0.15, -0.1) is 0 Å². The molecule has 4 rings (SSSR count). The molecule has 2 N–H and O–H groups in total. The molecule has 0 unspecified atom stereocenters. The fourth-order valence-corrected chi connectivity index (χ4v) is 4.44. The molecule has 154 valence electrons. The maximum Gasteiger partial charge on any atom is 0.173 e. The molecule has 0 spiro atoms. The fourth-order valence-electron chi connectivity index (χ4n) is 4.14. The average Bonchev–Trinajstić information content (AvgIpc) is 2.81. The Labute approximate surface area is 184 Å². The molecule has 3 aromatic carbocycles. The highest BCUT2D eigenvalue weighted by atomic mass is 32.1. The SMILES string of the molecule is COc1cccc(NC(=S)N2CC[NH+](C(c3ccccc3)c3ccccc3)CC2)c1. The summed E-state index contributed by atoms with van der Waals surface area (Å²) in [5.41, 5.74) is 3.69. The lowest BCUT2D eigenvalue weighted by Crippen LogP contribution is -3.15. The first-order valence-electron chi connectivity index (χ1n) is 10.4. The van der Waals surface area contributed by atoms with E-state index in [0.29, 0.717) is 6.04 Å². The Balaban J connectivity index is 1.43. The van der Waals surface area contributed by atoms with Gasteiger partial charge in [-0.05, 0) is 24.4 Å². The van der Waals surface area contributed by atoms with Crippen molar-refractivity contribution in [3.63, 3.8) is 0 Å². The standard InChI is InChI=1S/C25H27N3OS/c1-29-23-14-8-13-22(19-23)26-25(30)28-17-15-27(16-18-28)24(20-9-4-2-5-10-20)21-11-6-3-7-12-21/h2-14,19,24H,15-18H2,1H3,(H,26,30)/p+1. The van der Waals surface area contributed by atoms with Crippen molar-refractivity contribution in [1.29, 1.82) is 0 Å². The zero-order valence-electron chi connectivity index (χ0n) is 17.3. The van der Waals surface area contributed by atoms with Crippen molar-refractivity contribution in [2.45, 2.75) is 6.04 Å². The van der Waals surface area contributed by atoms with E-state index >= 15 is 0 Å². The molecule has 0 aromatic heterocycles. The van der Waals surface area contributed by atoms with Crippen LogP contribution in [0.25, 0.3) is 0 Å². The van der Waals surface area contributed by atoms with Crippen molar-refractivity contribution in [3.05, 3.63) is 96.1 Å². The zero-order chi connectivity index (χ0) is 20.8. The first-order chi connectivity index (χ1) is 14.7. The molecule has 1 saturated heterocycles. The molecule has 0 radical (unpaired) electrons. The van der Waals surface area contributed by atoms with Crippen LogP contribution in [-0.4, -0.2) is 43.3 Å². The molecule has 1 heterocycles. The summed E-state index contributed by atoms with van der Waals surface area (Å²) < 4.78 is 5.31. The number of anilines is 1. The lowest BCUT2D eigenvalue weighted by atomic mass is 9.96. The Kier molecular flexibility index (Phi) is 6.62. The Morgan fingerprint density at radius 2 is 1.50 bits per heavy atom. The average molecular weight is 419 g/mol. The molecule has 1 aliphatic rings. The van der Waals surface area contributed by atoms with E-state index in [2.05, 4.69) is 70.9 Å². The molecule has 3 aromatic rings. The zero-order valence-corrected chi connectivity index (χ0v) is 18.1. The van der Waals surface area contributed by atoms with Gasteiger partial charge in [-0.1, -0.05) is 66.7 Å². The maximum absolute atomic E-state index is 5.69. The van der Waals surface area contributed by atoms with Crippen molar-refractivity contribution in [2.24, 2.45) is 0 Å². The van der Waals surface area contributed by atoms with Crippen LogP contribution < -0.4 is 15.0 Å². The van der Waals surface area contributed by atoms with Crippen molar-refractivity contribution in [3.8, 4) is 5.75 Å². The summed E-state index contributed by atoms with van der Waals surface area (Å²) in [6, 6.07) is 29.9. The van der Waals surface area contributed by atoms with Crippen molar-refractivity contribution in [2.75, 3.05) is 38.6 Å². The summed E-state index contributed by atoms with van der Waals surface area (Å²) >= 11 is 5.69. The third-order valence-electron chi connectivity index (χ3n) is 5.69. The number of rotatable bonds is 5. The lowest BCUT2D eigenvalue weighted by molar-refractivity contribution is -0.929. The van der Waals surface area contributed by atoms with Crippen LogP contribution >= 0.6 is 12.2 Å². The van der Waals surface area contributed by atoms with Gasteiger partial charge in [0.25, 0.3) is 0 Å². The number of hydrogen-bond donors (Lipinski definition) is 2. The number of methoxy groups -OCH3 is 1. The number of quaternary nitrogens is 1. The second kappa shape index (κ2) is 9.74. The highest BCUT2D eigenvalue weighted by molar-refractivity contribution is 7.80. The maximum atomic E-state index is 5.69. The van der Waals surface area contributed by atoms with E-state index in [1.807, 2.05) is 24.3 Å². The number of hydrogen-bond acceptors (Lipinski definition) is 2. The molecule has 0 saturated carbocycles. The molecule has 1 aliphatic heterocycles. The second-order valence-corrected chi connectivity index (χ2v) is 7.95. The predicted octanol–water partition coefficient (Wildman–Crippen LogP) is 3.38. The normalized spacial score (nSPS) is 14.5. The molecule has 0 bridgehead atoms. The minimum Gasteiger partial charge on any atom is -0.497 e. The summed E-state index contributed by atoms with van der Waals surface area (Å²) in [5, 5.41) is 4.14. The largest absolute Gasteiger partial charge is 0.497 e. The van der Waals surface area contributed by atoms with E-state index in [0.717, 1.165) is 42.7 Å². The van der Waals surface area contributed by atoms with Crippen molar-refractivity contribution in [1.82, 2.24) is 4.90 Å². The van der Waals surface area contributed by atoms with Gasteiger partial charge >= 0.3 is 0 Å². The molecule has 5 heteroatoms. The molecule has 1 fully saturated rings. The molecule has 0 aliphatic carbocycles. The molecular formula is C25H28N3OS+. The molecule has 30 heavy (non-hydrogen) atoms. The minimum absolute atomic E-state index is 0.342. The van der Waals surface area contributed by atoms with Crippen LogP contribution in [0.5, 0.6) is 5.75 Å². The van der Waals surface area contributed by atoms with Gasteiger partial charge in [0.05, 0.1) is 33.3 Å². The number of nitrogens with zero attached hydrogens (tertiary/aromatic N) is 1. The summed E-state index contributed by atoms with van der Waals surface area (Å²) in [4.78, 5) is 3.85. The first kappa shape index (κ1) is 20.4. The number of nitrogens with one attached hydrogen (secondary N) is 2. The monoisotopic (exact) mass is 418 g/mol. The van der Waals surface area contributed by atoms with Gasteiger partial charge in [-0.2, -0.15) is 0 Å². The van der Waals surface area contributed by atoms with E-state index in [1.165, 1.54) is 11.1 Å². The van der Waals surface area contributed by atoms with Crippen LogP contribution in [0.2, 0.25) is 0 Å². The van der Waals surface area contributed by atoms with Crippen LogP contribution in [-0.2, 0) is 0 Å². The van der Waals surface area contributed by atoms with E-state index < -0.39 is 0 Å². The van der Waals surface area contributed by atoms with Crippen LogP contribution in [0, 0.1) is 0 Å². The van der Waals surface area contributed by atoms with Crippen molar-refractivity contribution < 1.29 is 9.64 Å². The lowest BCUT2D eigenvalue weighted by Gasteiger charge is -2.38. The summed E-state index contributed by atoms with van der Waals surface area (Å²) in [6.45, 7) is 3.94.